The first-order chi connectivity index (χ1) is 5.16. The second-order valence-electron chi connectivity index (χ2n) is 3.42. The first kappa shape index (κ1) is 8.06. The van der Waals surface area contributed by atoms with E-state index in [9.17, 15) is 4.79 Å². The molecule has 3 heteroatoms. The highest BCUT2D eigenvalue weighted by molar-refractivity contribution is 5.77. The van der Waals surface area contributed by atoms with Crippen LogP contribution in [0.5, 0.6) is 0 Å². The highest BCUT2D eigenvalue weighted by atomic mass is 16.1. The molecule has 0 heterocycles. The van der Waals surface area contributed by atoms with Crippen molar-refractivity contribution in [1.82, 2.24) is 5.32 Å². The van der Waals surface area contributed by atoms with Gasteiger partial charge in [0.1, 0.15) is 6.42 Å². The van der Waals surface area contributed by atoms with Crippen molar-refractivity contribution in [3.05, 3.63) is 0 Å². The summed E-state index contributed by atoms with van der Waals surface area (Å²) in [6, 6.07) is 1.81. The second kappa shape index (κ2) is 2.91. The summed E-state index contributed by atoms with van der Waals surface area (Å²) in [4.78, 5) is 10.8. The molecule has 1 amide bonds. The predicted molar refractivity (Wildman–Crippen MR) is 40.6 cm³/mol. The lowest BCUT2D eigenvalue weighted by atomic mass is 10.1. The molecule has 0 bridgehead atoms. The van der Waals surface area contributed by atoms with Crippen molar-refractivity contribution in [1.29, 1.82) is 5.26 Å². The lowest BCUT2D eigenvalue weighted by molar-refractivity contribution is -0.120. The van der Waals surface area contributed by atoms with E-state index in [-0.39, 0.29) is 12.3 Å². The first-order valence-corrected chi connectivity index (χ1v) is 3.80. The molecule has 1 N–H and O–H groups in total. The number of nitrogens with one attached hydrogen (secondary N) is 1. The SMILES string of the molecule is CC1(CNC(=O)CC#N)CC1. The van der Waals surface area contributed by atoms with E-state index in [0.29, 0.717) is 5.41 Å². The van der Waals surface area contributed by atoms with Crippen molar-refractivity contribution < 1.29 is 4.79 Å². The average Bonchev–Trinajstić information content (AvgIpc) is 2.66. The molecule has 0 spiro atoms. The third kappa shape index (κ3) is 2.58. The van der Waals surface area contributed by atoms with Gasteiger partial charge in [-0.15, -0.1) is 0 Å². The van der Waals surface area contributed by atoms with Gasteiger partial charge >= 0.3 is 0 Å². The van der Waals surface area contributed by atoms with Gasteiger partial charge in [-0.2, -0.15) is 5.26 Å². The van der Waals surface area contributed by atoms with Crippen LogP contribution in [0.1, 0.15) is 26.2 Å². The molecule has 0 aliphatic heterocycles. The summed E-state index contributed by atoms with van der Waals surface area (Å²) in [6.45, 7) is 2.87. The van der Waals surface area contributed by atoms with Gasteiger partial charge in [0.25, 0.3) is 0 Å². The van der Waals surface area contributed by atoms with Gasteiger partial charge < -0.3 is 5.32 Å². The van der Waals surface area contributed by atoms with Gasteiger partial charge in [-0.3, -0.25) is 4.79 Å². The van der Waals surface area contributed by atoms with E-state index in [0.717, 1.165) is 6.54 Å². The van der Waals surface area contributed by atoms with Gasteiger partial charge in [-0.05, 0) is 18.3 Å². The maximum absolute atomic E-state index is 10.8. The molecule has 0 atom stereocenters. The van der Waals surface area contributed by atoms with Crippen molar-refractivity contribution >= 4 is 5.91 Å². The molecule has 1 fully saturated rings. The minimum absolute atomic E-state index is 0.0178. The van der Waals surface area contributed by atoms with Gasteiger partial charge in [0.15, 0.2) is 0 Å². The molecule has 0 unspecified atom stereocenters. The van der Waals surface area contributed by atoms with Crippen LogP contribution in [-0.2, 0) is 4.79 Å². The molecule has 1 aliphatic rings. The zero-order chi connectivity index (χ0) is 8.32. The van der Waals surface area contributed by atoms with Gasteiger partial charge in [0, 0.05) is 6.54 Å². The zero-order valence-electron chi connectivity index (χ0n) is 6.68. The Balaban J connectivity index is 2.12. The molecular formula is C8H12N2O. The summed E-state index contributed by atoms with van der Waals surface area (Å²) < 4.78 is 0. The fraction of sp³-hybridized carbons (Fsp3) is 0.750. The number of hydrogen-bond donors (Lipinski definition) is 1. The van der Waals surface area contributed by atoms with E-state index in [2.05, 4.69) is 12.2 Å². The van der Waals surface area contributed by atoms with Crippen molar-refractivity contribution in [3.63, 3.8) is 0 Å². The van der Waals surface area contributed by atoms with Crippen LogP contribution in [0.25, 0.3) is 0 Å². The molecule has 0 aromatic rings. The molecular weight excluding hydrogens is 140 g/mol. The lowest BCUT2D eigenvalue weighted by Gasteiger charge is -2.07. The summed E-state index contributed by atoms with van der Waals surface area (Å²) in [5.74, 6) is -0.152. The van der Waals surface area contributed by atoms with E-state index >= 15 is 0 Å². The Morgan fingerprint density at radius 3 is 2.82 bits per heavy atom. The fourth-order valence-corrected chi connectivity index (χ4v) is 0.836. The summed E-state index contributed by atoms with van der Waals surface area (Å²) in [5.41, 5.74) is 0.338. The molecule has 0 aromatic carbocycles. The van der Waals surface area contributed by atoms with Gasteiger partial charge in [-0.1, -0.05) is 6.92 Å². The Bertz CT molecular complexity index is 201. The Morgan fingerprint density at radius 2 is 2.36 bits per heavy atom. The molecule has 0 radical (unpaired) electrons. The van der Waals surface area contributed by atoms with Crippen LogP contribution >= 0.6 is 0 Å². The number of rotatable bonds is 3. The number of nitrogens with zero attached hydrogens (tertiary/aromatic N) is 1. The molecule has 0 aromatic heterocycles. The molecule has 0 saturated heterocycles. The van der Waals surface area contributed by atoms with Crippen molar-refractivity contribution in [3.8, 4) is 6.07 Å². The molecule has 3 nitrogen and oxygen atoms in total. The number of carbonyl (C=O) groups is 1. The number of carbonyl (C=O) groups excluding carboxylic acids is 1. The van der Waals surface area contributed by atoms with Gasteiger partial charge in [-0.25, -0.2) is 0 Å². The van der Waals surface area contributed by atoms with Crippen LogP contribution in [0.3, 0.4) is 0 Å². The first-order valence-electron chi connectivity index (χ1n) is 3.80. The van der Waals surface area contributed by atoms with Crippen LogP contribution in [0.15, 0.2) is 0 Å². The molecule has 60 valence electrons. The van der Waals surface area contributed by atoms with E-state index in [1.54, 1.807) is 0 Å². The molecule has 1 saturated carbocycles. The Kier molecular flexibility index (Phi) is 2.13. The third-order valence-electron chi connectivity index (χ3n) is 2.06. The van der Waals surface area contributed by atoms with E-state index in [1.807, 2.05) is 6.07 Å². The Morgan fingerprint density at radius 1 is 1.73 bits per heavy atom. The van der Waals surface area contributed by atoms with E-state index < -0.39 is 0 Å². The monoisotopic (exact) mass is 152 g/mol. The fourth-order valence-electron chi connectivity index (χ4n) is 0.836. The van der Waals surface area contributed by atoms with Crippen LogP contribution in [0.2, 0.25) is 0 Å². The van der Waals surface area contributed by atoms with Crippen LogP contribution in [0.4, 0.5) is 0 Å². The highest BCUT2D eigenvalue weighted by Crippen LogP contribution is 2.43. The summed E-state index contributed by atoms with van der Waals surface area (Å²) >= 11 is 0. The van der Waals surface area contributed by atoms with Crippen molar-refractivity contribution in [2.24, 2.45) is 5.41 Å². The quantitative estimate of drug-likeness (QED) is 0.650. The third-order valence-corrected chi connectivity index (χ3v) is 2.06. The topological polar surface area (TPSA) is 52.9 Å². The second-order valence-corrected chi connectivity index (χ2v) is 3.42. The summed E-state index contributed by atoms with van der Waals surface area (Å²) in [6.07, 6.45) is 2.37. The highest BCUT2D eigenvalue weighted by Gasteiger charge is 2.37. The Labute approximate surface area is 66.4 Å². The Hall–Kier alpha value is -1.04. The maximum Gasteiger partial charge on any atom is 0.234 e. The summed E-state index contributed by atoms with van der Waals surface area (Å²) in [7, 11) is 0. The smallest absolute Gasteiger partial charge is 0.234 e. The summed E-state index contributed by atoms with van der Waals surface area (Å²) in [5, 5.41) is 10.9. The number of amides is 1. The van der Waals surface area contributed by atoms with E-state index in [4.69, 9.17) is 5.26 Å². The molecule has 1 aliphatic carbocycles. The number of hydrogen-bond acceptors (Lipinski definition) is 2. The molecule has 11 heavy (non-hydrogen) atoms. The van der Waals surface area contributed by atoms with Crippen LogP contribution < -0.4 is 5.32 Å². The largest absolute Gasteiger partial charge is 0.355 e. The van der Waals surface area contributed by atoms with Crippen molar-refractivity contribution in [2.75, 3.05) is 6.54 Å². The maximum atomic E-state index is 10.8. The zero-order valence-corrected chi connectivity index (χ0v) is 6.68. The predicted octanol–water partition coefficient (Wildman–Crippen LogP) is 0.816. The van der Waals surface area contributed by atoms with Gasteiger partial charge in [0.05, 0.1) is 6.07 Å². The molecule has 1 rings (SSSR count). The van der Waals surface area contributed by atoms with Crippen LogP contribution in [0, 0.1) is 16.7 Å². The standard InChI is InChI=1S/C8H12N2O/c1-8(3-4-8)6-10-7(11)2-5-9/h2-4,6H2,1H3,(H,10,11). The average molecular weight is 152 g/mol. The minimum atomic E-state index is -0.152. The number of nitriles is 1. The normalized spacial score (nSPS) is 18.5. The van der Waals surface area contributed by atoms with Crippen LogP contribution in [-0.4, -0.2) is 12.5 Å². The van der Waals surface area contributed by atoms with Crippen molar-refractivity contribution in [2.45, 2.75) is 26.2 Å². The minimum Gasteiger partial charge on any atom is -0.355 e. The van der Waals surface area contributed by atoms with E-state index in [1.165, 1.54) is 12.8 Å². The van der Waals surface area contributed by atoms with Gasteiger partial charge in [0.2, 0.25) is 5.91 Å². The lowest BCUT2D eigenvalue weighted by Crippen LogP contribution is -2.28.